The Bertz CT molecular complexity index is 1930. The Kier molecular flexibility index (Phi) is 7.85. The lowest BCUT2D eigenvalue weighted by Gasteiger charge is -2.41. The van der Waals surface area contributed by atoms with Gasteiger partial charge in [-0.05, 0) is 67.3 Å². The van der Waals surface area contributed by atoms with E-state index in [1.165, 1.54) is 24.3 Å². The number of aromatic nitrogens is 2. The van der Waals surface area contributed by atoms with E-state index in [2.05, 4.69) is 25.6 Å². The molecule has 0 spiro atoms. The average Bonchev–Trinajstić information content (AvgIpc) is 3.66. The smallest absolute Gasteiger partial charge is 0.319 e. The Morgan fingerprint density at radius 2 is 1.79 bits per heavy atom. The third-order valence-corrected chi connectivity index (χ3v) is 10.8. The predicted octanol–water partition coefficient (Wildman–Crippen LogP) is 5.26. The molecule has 8 rings (SSSR count). The van der Waals surface area contributed by atoms with E-state index in [1.54, 1.807) is 12.1 Å². The first kappa shape index (κ1) is 31.2. The molecule has 3 saturated heterocycles. The van der Waals surface area contributed by atoms with Crippen LogP contribution in [0.1, 0.15) is 37.7 Å². The maximum absolute atomic E-state index is 16.9. The highest BCUT2D eigenvalue weighted by Gasteiger charge is 2.46. The van der Waals surface area contributed by atoms with E-state index in [9.17, 15) is 19.0 Å². The number of halogens is 3. The Morgan fingerprint density at radius 3 is 2.48 bits per heavy atom. The second-order valence-corrected chi connectivity index (χ2v) is 14.0. The molecule has 2 bridgehead atoms. The Hall–Kier alpha value is -4.11. The molecule has 1 aromatic heterocycles. The minimum absolute atomic E-state index is 0.0163. The summed E-state index contributed by atoms with van der Waals surface area (Å²) >= 11 is 0. The molecule has 4 aliphatic rings. The summed E-state index contributed by atoms with van der Waals surface area (Å²) in [5.74, 6) is 1.59. The third-order valence-electron chi connectivity index (χ3n) is 10.8. The molecule has 2 unspecified atom stereocenters. The van der Waals surface area contributed by atoms with Crippen molar-refractivity contribution in [2.75, 3.05) is 57.4 Å². The normalized spacial score (nSPS) is 23.6. The van der Waals surface area contributed by atoms with Crippen LogP contribution in [0, 0.1) is 29.4 Å². The highest BCUT2D eigenvalue weighted by atomic mass is 19.1. The minimum atomic E-state index is -0.796. The van der Waals surface area contributed by atoms with E-state index in [4.69, 9.17) is 16.1 Å². The zero-order valence-electron chi connectivity index (χ0n) is 26.6. The van der Waals surface area contributed by atoms with Gasteiger partial charge in [0.1, 0.15) is 29.1 Å². The van der Waals surface area contributed by atoms with Gasteiger partial charge >= 0.3 is 6.01 Å². The van der Waals surface area contributed by atoms with Crippen molar-refractivity contribution >= 4 is 27.5 Å². The molecule has 1 saturated carbocycles. The molecule has 1 aliphatic carbocycles. The standard InChI is InChI=1S/C37H38F3N5O3/c1-2-27-31(39)8-3-22-15-26(47)16-30(32(22)27)28-6-7-29-34(33(28)40)41-36(48-21-37(10-11-37)20-43-12-9-23(38)17-43)42-35(29)44-18-24-4-5-25(19-44)45(24)13-14-46/h1,3,6-8,15-16,23-25,46-47H,4-5,9-14,17-21H2/t23-,24?,25?/m1/s1. The second kappa shape index (κ2) is 12.1. The topological polar surface area (TPSA) is 85.2 Å². The quantitative estimate of drug-likeness (QED) is 0.236. The number of ether oxygens (including phenoxy) is 1. The van der Waals surface area contributed by atoms with Crippen molar-refractivity contribution in [1.29, 1.82) is 0 Å². The Morgan fingerprint density at radius 1 is 1.00 bits per heavy atom. The van der Waals surface area contributed by atoms with Gasteiger partial charge in [-0.2, -0.15) is 9.97 Å². The first-order chi connectivity index (χ1) is 23.3. The molecular formula is C37H38F3N5O3. The number of phenolic OH excluding ortho intramolecular Hbond substituents is 1. The molecule has 3 aromatic carbocycles. The molecule has 3 aliphatic heterocycles. The zero-order valence-corrected chi connectivity index (χ0v) is 26.6. The van der Waals surface area contributed by atoms with Crippen LogP contribution in [0.4, 0.5) is 19.0 Å². The minimum Gasteiger partial charge on any atom is -0.508 e. The van der Waals surface area contributed by atoms with Crippen molar-refractivity contribution in [3.63, 3.8) is 0 Å². The summed E-state index contributed by atoms with van der Waals surface area (Å²) in [7, 11) is 0. The van der Waals surface area contributed by atoms with Crippen LogP contribution >= 0.6 is 0 Å². The van der Waals surface area contributed by atoms with Gasteiger partial charge in [0.15, 0.2) is 5.82 Å². The van der Waals surface area contributed by atoms with E-state index in [1.807, 2.05) is 0 Å². The molecule has 8 nitrogen and oxygen atoms in total. The maximum atomic E-state index is 16.9. The number of likely N-dealkylation sites (tertiary alicyclic amines) is 1. The van der Waals surface area contributed by atoms with Gasteiger partial charge in [-0.1, -0.05) is 18.1 Å². The van der Waals surface area contributed by atoms with Gasteiger partial charge in [-0.25, -0.2) is 13.2 Å². The van der Waals surface area contributed by atoms with Crippen LogP contribution in [-0.4, -0.2) is 101 Å². The first-order valence-electron chi connectivity index (χ1n) is 16.8. The van der Waals surface area contributed by atoms with Gasteiger partial charge in [0, 0.05) is 73.1 Å². The maximum Gasteiger partial charge on any atom is 0.319 e. The average molecular weight is 658 g/mol. The number of nitrogens with zero attached hydrogens (tertiary/aromatic N) is 5. The fourth-order valence-electron chi connectivity index (χ4n) is 8.21. The Balaban J connectivity index is 1.21. The summed E-state index contributed by atoms with van der Waals surface area (Å²) in [5.41, 5.74) is 0.287. The van der Waals surface area contributed by atoms with Crippen LogP contribution in [0.15, 0.2) is 36.4 Å². The van der Waals surface area contributed by atoms with E-state index in [0.29, 0.717) is 61.2 Å². The number of anilines is 1. The Labute approximate surface area is 277 Å². The summed E-state index contributed by atoms with van der Waals surface area (Å²) in [6.07, 6.45) is 9.38. The van der Waals surface area contributed by atoms with Crippen LogP contribution in [0.25, 0.3) is 32.8 Å². The molecule has 48 heavy (non-hydrogen) atoms. The predicted molar refractivity (Wildman–Crippen MR) is 178 cm³/mol. The third kappa shape index (κ3) is 5.50. The van der Waals surface area contributed by atoms with Gasteiger partial charge in [0.2, 0.25) is 0 Å². The molecule has 250 valence electrons. The number of benzene rings is 3. The van der Waals surface area contributed by atoms with Crippen molar-refractivity contribution in [1.82, 2.24) is 19.8 Å². The summed E-state index contributed by atoms with van der Waals surface area (Å²) in [6.45, 7) is 4.27. The molecule has 4 heterocycles. The molecule has 11 heteroatoms. The number of hydrogen-bond acceptors (Lipinski definition) is 8. The summed E-state index contributed by atoms with van der Waals surface area (Å²) in [5, 5.41) is 21.6. The number of rotatable bonds is 9. The number of hydrogen-bond donors (Lipinski definition) is 2. The molecule has 0 radical (unpaired) electrons. The van der Waals surface area contributed by atoms with Crippen LogP contribution in [-0.2, 0) is 0 Å². The van der Waals surface area contributed by atoms with Crippen molar-refractivity contribution in [3.05, 3.63) is 53.6 Å². The fraction of sp³-hybridized carbons (Fsp3) is 0.459. The lowest BCUT2D eigenvalue weighted by Crippen LogP contribution is -2.54. The lowest BCUT2D eigenvalue weighted by molar-refractivity contribution is 0.131. The van der Waals surface area contributed by atoms with Gasteiger partial charge in [-0.15, -0.1) is 6.42 Å². The molecule has 0 amide bonds. The zero-order chi connectivity index (χ0) is 33.2. The van der Waals surface area contributed by atoms with Gasteiger partial charge in [0.05, 0.1) is 18.8 Å². The van der Waals surface area contributed by atoms with Crippen LogP contribution < -0.4 is 9.64 Å². The summed E-state index contributed by atoms with van der Waals surface area (Å²) in [6, 6.07) is 9.51. The van der Waals surface area contributed by atoms with Gasteiger partial charge < -0.3 is 19.8 Å². The number of phenols is 1. The van der Waals surface area contributed by atoms with Crippen molar-refractivity contribution in [2.45, 2.75) is 50.4 Å². The van der Waals surface area contributed by atoms with Crippen LogP contribution in [0.3, 0.4) is 0 Å². The number of terminal acetylenes is 1. The second-order valence-electron chi connectivity index (χ2n) is 14.0. The SMILES string of the molecule is C#Cc1c(F)ccc2cc(O)cc(-c3ccc4c(N5CC6CCC(C5)N6CCO)nc(OCC5(CN6CC[C@@H](F)C6)CC5)nc4c3F)c12. The van der Waals surface area contributed by atoms with E-state index in [0.717, 1.165) is 38.8 Å². The molecule has 3 atom stereocenters. The number of fused-ring (bicyclic) bond motifs is 4. The molecule has 2 N–H and O–H groups in total. The highest BCUT2D eigenvalue weighted by molar-refractivity contribution is 6.04. The van der Waals surface area contributed by atoms with Crippen molar-refractivity contribution in [2.24, 2.45) is 5.41 Å². The number of aliphatic hydroxyl groups is 1. The van der Waals surface area contributed by atoms with E-state index in [-0.39, 0.29) is 58.1 Å². The molecular weight excluding hydrogens is 619 g/mol. The largest absolute Gasteiger partial charge is 0.508 e. The van der Waals surface area contributed by atoms with Crippen molar-refractivity contribution in [3.8, 4) is 35.2 Å². The van der Waals surface area contributed by atoms with Crippen molar-refractivity contribution < 1.29 is 28.1 Å². The summed E-state index contributed by atoms with van der Waals surface area (Å²) < 4.78 is 52.0. The van der Waals surface area contributed by atoms with Gasteiger partial charge in [-0.3, -0.25) is 9.80 Å². The number of alkyl halides is 1. The van der Waals surface area contributed by atoms with Crippen LogP contribution in [0.2, 0.25) is 0 Å². The van der Waals surface area contributed by atoms with E-state index < -0.39 is 17.8 Å². The molecule has 4 fully saturated rings. The highest BCUT2D eigenvalue weighted by Crippen LogP contribution is 2.47. The number of piperazine rings is 1. The monoisotopic (exact) mass is 657 g/mol. The van der Waals surface area contributed by atoms with E-state index >= 15 is 4.39 Å². The first-order valence-corrected chi connectivity index (χ1v) is 16.8. The van der Waals surface area contributed by atoms with Crippen LogP contribution in [0.5, 0.6) is 11.8 Å². The lowest BCUT2D eigenvalue weighted by atomic mass is 9.93. The van der Waals surface area contributed by atoms with Gasteiger partial charge in [0.25, 0.3) is 0 Å². The fourth-order valence-corrected chi connectivity index (χ4v) is 8.21. The number of aromatic hydroxyl groups is 1. The number of aliphatic hydroxyl groups excluding tert-OH is 1. The molecule has 4 aromatic rings. The summed E-state index contributed by atoms with van der Waals surface area (Å²) in [4.78, 5) is 16.2.